The van der Waals surface area contributed by atoms with Crippen molar-refractivity contribution in [3.63, 3.8) is 0 Å². The first kappa shape index (κ1) is 23.7. The van der Waals surface area contributed by atoms with E-state index < -0.39 is 0 Å². The summed E-state index contributed by atoms with van der Waals surface area (Å²) in [4.78, 5) is 17.6. The van der Waals surface area contributed by atoms with E-state index in [0.29, 0.717) is 6.04 Å². The zero-order valence-electron chi connectivity index (χ0n) is 21.0. The van der Waals surface area contributed by atoms with Gasteiger partial charge in [0.2, 0.25) is 5.91 Å². The van der Waals surface area contributed by atoms with Crippen molar-refractivity contribution in [1.82, 2.24) is 30.0 Å². The van der Waals surface area contributed by atoms with Gasteiger partial charge in [-0.25, -0.2) is 0 Å². The standard InChI is InChI=1S/C27H37N7O/c1-20-7-9-22(10-8-20)26-30-29-24-11-12-25(31-34(24)26)33-18-13-23(14-19-33)27(35)28-15-5-17-32-16-4-3-6-21(32)2/h7-12,21,23H,3-6,13-19H2,1-2H3,(H,28,35)/t21-/m0/s1. The summed E-state index contributed by atoms with van der Waals surface area (Å²) >= 11 is 0. The van der Waals surface area contributed by atoms with Gasteiger partial charge in [0.25, 0.3) is 0 Å². The van der Waals surface area contributed by atoms with Gasteiger partial charge in [-0.3, -0.25) is 4.79 Å². The molecule has 2 aromatic heterocycles. The Balaban J connectivity index is 1.13. The van der Waals surface area contributed by atoms with Gasteiger partial charge in [0.05, 0.1) is 0 Å². The van der Waals surface area contributed by atoms with Gasteiger partial charge in [-0.2, -0.15) is 4.52 Å². The number of anilines is 1. The minimum absolute atomic E-state index is 0.0851. The lowest BCUT2D eigenvalue weighted by molar-refractivity contribution is -0.125. The van der Waals surface area contributed by atoms with E-state index in [1.54, 1.807) is 0 Å². The number of aromatic nitrogens is 4. The fraction of sp³-hybridized carbons (Fsp3) is 0.556. The van der Waals surface area contributed by atoms with Crippen LogP contribution in [0.3, 0.4) is 0 Å². The Bertz CT molecular complexity index is 1130. The molecule has 0 radical (unpaired) electrons. The third-order valence-electron chi connectivity index (χ3n) is 7.61. The molecule has 0 unspecified atom stereocenters. The Morgan fingerprint density at radius 1 is 1.00 bits per heavy atom. The SMILES string of the molecule is Cc1ccc(-c2nnc3ccc(N4CCC(C(=O)NCCCN5CCCC[C@@H]5C)CC4)nn23)cc1. The number of fused-ring (bicyclic) bond motifs is 1. The molecule has 5 rings (SSSR count). The number of hydrogen-bond acceptors (Lipinski definition) is 6. The zero-order valence-corrected chi connectivity index (χ0v) is 21.0. The summed E-state index contributed by atoms with van der Waals surface area (Å²) < 4.78 is 1.82. The molecule has 2 aliphatic rings. The first-order valence-electron chi connectivity index (χ1n) is 13.1. The van der Waals surface area contributed by atoms with E-state index >= 15 is 0 Å². The highest BCUT2D eigenvalue weighted by atomic mass is 16.1. The minimum atomic E-state index is 0.0851. The number of nitrogens with zero attached hydrogens (tertiary/aromatic N) is 6. The molecular weight excluding hydrogens is 438 g/mol. The lowest BCUT2D eigenvalue weighted by Crippen LogP contribution is -2.42. The van der Waals surface area contributed by atoms with Gasteiger partial charge in [-0.15, -0.1) is 15.3 Å². The topological polar surface area (TPSA) is 78.7 Å². The summed E-state index contributed by atoms with van der Waals surface area (Å²) in [5.41, 5.74) is 2.94. The summed E-state index contributed by atoms with van der Waals surface area (Å²) in [6.07, 6.45) is 6.69. The second-order valence-electron chi connectivity index (χ2n) is 10.1. The van der Waals surface area contributed by atoms with Crippen molar-refractivity contribution in [2.24, 2.45) is 5.92 Å². The second-order valence-corrected chi connectivity index (χ2v) is 10.1. The molecule has 8 heteroatoms. The van der Waals surface area contributed by atoms with Crippen molar-refractivity contribution in [2.75, 3.05) is 37.6 Å². The van der Waals surface area contributed by atoms with Crippen LogP contribution in [0.5, 0.6) is 0 Å². The Hall–Kier alpha value is -3.00. The Kier molecular flexibility index (Phi) is 7.27. The van der Waals surface area contributed by atoms with Crippen LogP contribution in [0.15, 0.2) is 36.4 Å². The summed E-state index contributed by atoms with van der Waals surface area (Å²) in [5, 5.41) is 16.7. The highest BCUT2D eigenvalue weighted by Gasteiger charge is 2.26. The van der Waals surface area contributed by atoms with E-state index in [1.165, 1.54) is 31.4 Å². The van der Waals surface area contributed by atoms with Crippen LogP contribution in [0.1, 0.15) is 51.0 Å². The molecule has 0 saturated carbocycles. The molecule has 186 valence electrons. The average Bonchev–Trinajstić information content (AvgIpc) is 3.31. The van der Waals surface area contributed by atoms with E-state index in [4.69, 9.17) is 5.10 Å². The predicted octanol–water partition coefficient (Wildman–Crippen LogP) is 3.70. The molecule has 8 nitrogen and oxygen atoms in total. The van der Waals surface area contributed by atoms with Crippen molar-refractivity contribution >= 4 is 17.4 Å². The van der Waals surface area contributed by atoms with Crippen LogP contribution in [0, 0.1) is 12.8 Å². The molecule has 35 heavy (non-hydrogen) atoms. The van der Waals surface area contributed by atoms with Crippen molar-refractivity contribution in [2.45, 2.75) is 58.4 Å². The zero-order chi connectivity index (χ0) is 24.2. The van der Waals surface area contributed by atoms with E-state index in [9.17, 15) is 4.79 Å². The highest BCUT2D eigenvalue weighted by Crippen LogP contribution is 2.24. The third-order valence-corrected chi connectivity index (χ3v) is 7.61. The molecule has 4 heterocycles. The number of amides is 1. The van der Waals surface area contributed by atoms with Crippen LogP contribution in [0.25, 0.3) is 17.0 Å². The van der Waals surface area contributed by atoms with Crippen molar-refractivity contribution < 1.29 is 4.79 Å². The molecular formula is C27H37N7O. The van der Waals surface area contributed by atoms with Crippen molar-refractivity contribution in [3.8, 4) is 11.4 Å². The molecule has 1 aromatic carbocycles. The van der Waals surface area contributed by atoms with Crippen LogP contribution in [-0.4, -0.2) is 69.4 Å². The fourth-order valence-corrected chi connectivity index (χ4v) is 5.33. The lowest BCUT2D eigenvalue weighted by Gasteiger charge is -2.33. The third kappa shape index (κ3) is 5.48. The summed E-state index contributed by atoms with van der Waals surface area (Å²) in [7, 11) is 0. The smallest absolute Gasteiger partial charge is 0.223 e. The van der Waals surface area contributed by atoms with Gasteiger partial charge in [-0.1, -0.05) is 36.2 Å². The number of likely N-dealkylation sites (tertiary alicyclic amines) is 1. The van der Waals surface area contributed by atoms with Gasteiger partial charge in [0.15, 0.2) is 11.5 Å². The molecule has 2 aliphatic heterocycles. The molecule has 2 fully saturated rings. The summed E-state index contributed by atoms with van der Waals surface area (Å²) in [6.45, 7) is 9.10. The largest absolute Gasteiger partial charge is 0.356 e. The van der Waals surface area contributed by atoms with Crippen molar-refractivity contribution in [1.29, 1.82) is 0 Å². The maximum Gasteiger partial charge on any atom is 0.223 e. The summed E-state index contributed by atoms with van der Waals surface area (Å²) in [6, 6.07) is 12.9. The number of benzene rings is 1. The molecule has 2 saturated heterocycles. The molecule has 0 bridgehead atoms. The average molecular weight is 476 g/mol. The van der Waals surface area contributed by atoms with Crippen LogP contribution in [0.4, 0.5) is 5.82 Å². The fourth-order valence-electron chi connectivity index (χ4n) is 5.33. The number of carbonyl (C=O) groups is 1. The first-order valence-corrected chi connectivity index (χ1v) is 13.1. The van der Waals surface area contributed by atoms with Crippen LogP contribution >= 0.6 is 0 Å². The van der Waals surface area contributed by atoms with Crippen LogP contribution in [0.2, 0.25) is 0 Å². The Labute approximate surface area is 207 Å². The predicted molar refractivity (Wildman–Crippen MR) is 138 cm³/mol. The van der Waals surface area contributed by atoms with Gasteiger partial charge in [-0.05, 0) is 64.6 Å². The summed E-state index contributed by atoms with van der Waals surface area (Å²) in [5.74, 6) is 1.94. The van der Waals surface area contributed by atoms with Gasteiger partial charge >= 0.3 is 0 Å². The normalized spacial score (nSPS) is 19.8. The molecule has 0 spiro atoms. The van der Waals surface area contributed by atoms with E-state index in [-0.39, 0.29) is 11.8 Å². The Morgan fingerprint density at radius 3 is 2.57 bits per heavy atom. The Morgan fingerprint density at radius 2 is 1.80 bits per heavy atom. The van der Waals surface area contributed by atoms with E-state index in [0.717, 1.165) is 68.3 Å². The maximum absolute atomic E-state index is 12.7. The monoisotopic (exact) mass is 475 g/mol. The van der Waals surface area contributed by atoms with Gasteiger partial charge in [0.1, 0.15) is 5.82 Å². The van der Waals surface area contributed by atoms with Crippen LogP contribution in [-0.2, 0) is 4.79 Å². The number of hydrogen-bond donors (Lipinski definition) is 1. The maximum atomic E-state index is 12.7. The number of rotatable bonds is 7. The van der Waals surface area contributed by atoms with Crippen molar-refractivity contribution in [3.05, 3.63) is 42.0 Å². The number of aryl methyl sites for hydroxylation is 1. The molecule has 1 atom stereocenters. The van der Waals surface area contributed by atoms with E-state index in [1.807, 2.05) is 16.6 Å². The first-order chi connectivity index (χ1) is 17.1. The van der Waals surface area contributed by atoms with E-state index in [2.05, 4.69) is 63.4 Å². The molecule has 0 aliphatic carbocycles. The second kappa shape index (κ2) is 10.7. The quantitative estimate of drug-likeness (QED) is 0.525. The number of nitrogens with one attached hydrogen (secondary N) is 1. The minimum Gasteiger partial charge on any atom is -0.356 e. The number of piperidine rings is 2. The van der Waals surface area contributed by atoms with Gasteiger partial charge < -0.3 is 15.1 Å². The number of carbonyl (C=O) groups excluding carboxylic acids is 1. The molecule has 1 N–H and O–H groups in total. The highest BCUT2D eigenvalue weighted by molar-refractivity contribution is 5.79. The molecule has 3 aromatic rings. The molecule has 1 amide bonds. The lowest BCUT2D eigenvalue weighted by atomic mass is 9.96. The van der Waals surface area contributed by atoms with Crippen LogP contribution < -0.4 is 10.2 Å². The van der Waals surface area contributed by atoms with Gasteiger partial charge in [0, 0.05) is 43.7 Å².